The molecule has 7 heteroatoms. The van der Waals surface area contributed by atoms with Crippen LogP contribution in [0.2, 0.25) is 10.0 Å². The van der Waals surface area contributed by atoms with Gasteiger partial charge >= 0.3 is 0 Å². The van der Waals surface area contributed by atoms with E-state index in [0.717, 1.165) is 15.9 Å². The lowest BCUT2D eigenvalue weighted by atomic mass is 10.1. The highest BCUT2D eigenvalue weighted by atomic mass is 35.5. The number of fused-ring (bicyclic) bond motifs is 1. The summed E-state index contributed by atoms with van der Waals surface area (Å²) in [5.41, 5.74) is 4.26. The molecule has 1 heterocycles. The van der Waals surface area contributed by atoms with E-state index >= 15 is 0 Å². The fraction of sp³-hybridized carbons (Fsp3) is 0.0455. The minimum Gasteiger partial charge on any atom is -0.273 e. The maximum Gasteiger partial charge on any atom is 0.294 e. The molecule has 0 aliphatic heterocycles. The molecule has 144 valence electrons. The van der Waals surface area contributed by atoms with Gasteiger partial charge in [0.15, 0.2) is 0 Å². The van der Waals surface area contributed by atoms with Gasteiger partial charge in [0.2, 0.25) is 5.91 Å². The molecule has 0 aliphatic carbocycles. The molecule has 29 heavy (non-hydrogen) atoms. The Bertz CT molecular complexity index is 1270. The van der Waals surface area contributed by atoms with Crippen LogP contribution >= 0.6 is 23.2 Å². The van der Waals surface area contributed by atoms with Crippen LogP contribution in [0.25, 0.3) is 22.0 Å². The number of carbonyl (C=O) groups is 1. The van der Waals surface area contributed by atoms with Crippen LogP contribution in [0.4, 0.5) is 0 Å². The van der Waals surface area contributed by atoms with Crippen molar-refractivity contribution in [2.75, 3.05) is 5.43 Å². The number of halogens is 2. The number of nitrogens with one attached hydrogen (secondary N) is 1. The largest absolute Gasteiger partial charge is 0.294 e. The summed E-state index contributed by atoms with van der Waals surface area (Å²) in [6.45, 7) is 0. The second kappa shape index (κ2) is 8.07. The second-order valence-corrected chi connectivity index (χ2v) is 7.33. The predicted molar refractivity (Wildman–Crippen MR) is 116 cm³/mol. The zero-order valence-corrected chi connectivity index (χ0v) is 16.6. The Morgan fingerprint density at radius 2 is 1.62 bits per heavy atom. The third-order valence-corrected chi connectivity index (χ3v) is 4.89. The Hall–Kier alpha value is -3.15. The fourth-order valence-electron chi connectivity index (χ4n) is 3.08. The van der Waals surface area contributed by atoms with Gasteiger partial charge in [-0.1, -0.05) is 65.7 Å². The van der Waals surface area contributed by atoms with Crippen molar-refractivity contribution in [3.05, 3.63) is 98.8 Å². The minimum atomic E-state index is -0.405. The van der Waals surface area contributed by atoms with Crippen LogP contribution in [-0.4, -0.2) is 15.8 Å². The molecule has 0 saturated carbocycles. The molecule has 0 radical (unpaired) electrons. The molecular weight excluding hydrogens is 409 g/mol. The van der Waals surface area contributed by atoms with Gasteiger partial charge in [0.05, 0.1) is 11.8 Å². The average molecular weight is 424 g/mol. The van der Waals surface area contributed by atoms with E-state index < -0.39 is 5.56 Å². The van der Waals surface area contributed by atoms with Crippen molar-refractivity contribution in [1.82, 2.24) is 9.89 Å². The van der Waals surface area contributed by atoms with Crippen LogP contribution in [0.3, 0.4) is 0 Å². The van der Waals surface area contributed by atoms with Gasteiger partial charge in [0.1, 0.15) is 5.69 Å². The Kier molecular flexibility index (Phi) is 5.34. The number of benzene rings is 3. The van der Waals surface area contributed by atoms with E-state index in [4.69, 9.17) is 23.2 Å². The van der Waals surface area contributed by atoms with E-state index in [1.165, 1.54) is 0 Å². The molecule has 1 amide bonds. The summed E-state index contributed by atoms with van der Waals surface area (Å²) in [5, 5.41) is 6.69. The van der Waals surface area contributed by atoms with Crippen LogP contribution in [-0.2, 0) is 11.2 Å². The summed E-state index contributed by atoms with van der Waals surface area (Å²) in [6, 6.07) is 21.3. The highest BCUT2D eigenvalue weighted by Gasteiger charge is 2.14. The van der Waals surface area contributed by atoms with E-state index in [1.807, 2.05) is 24.3 Å². The average Bonchev–Trinajstić information content (AvgIpc) is 2.71. The topological polar surface area (TPSA) is 64.0 Å². The third-order valence-electron chi connectivity index (χ3n) is 4.41. The van der Waals surface area contributed by atoms with Crippen LogP contribution in [0.1, 0.15) is 5.56 Å². The molecule has 0 saturated heterocycles. The van der Waals surface area contributed by atoms with Gasteiger partial charge in [-0.3, -0.25) is 9.59 Å². The number of carbonyl (C=O) groups excluding carboxylic acids is 1. The number of hydrogen-bond acceptors (Lipinski definition) is 3. The lowest BCUT2D eigenvalue weighted by Crippen LogP contribution is -2.36. The Morgan fingerprint density at radius 1 is 0.897 bits per heavy atom. The smallest absolute Gasteiger partial charge is 0.273 e. The van der Waals surface area contributed by atoms with Gasteiger partial charge in [-0.05, 0) is 35.9 Å². The first kappa shape index (κ1) is 19.2. The predicted octanol–water partition coefficient (Wildman–Crippen LogP) is 4.68. The van der Waals surface area contributed by atoms with Crippen molar-refractivity contribution in [2.24, 2.45) is 0 Å². The van der Waals surface area contributed by atoms with Crippen molar-refractivity contribution in [3.63, 3.8) is 0 Å². The zero-order valence-electron chi connectivity index (χ0n) is 15.1. The van der Waals surface area contributed by atoms with E-state index in [2.05, 4.69) is 10.5 Å². The summed E-state index contributed by atoms with van der Waals surface area (Å²) in [5.74, 6) is -0.376. The lowest BCUT2D eigenvalue weighted by molar-refractivity contribution is -0.116. The first-order valence-corrected chi connectivity index (χ1v) is 9.59. The quantitative estimate of drug-likeness (QED) is 0.517. The normalized spacial score (nSPS) is 10.8. The highest BCUT2D eigenvalue weighted by molar-refractivity contribution is 6.31. The SMILES string of the molecule is O=C(Cc1cccc(Cl)c1)Nn1nc(-c2ccc(Cl)cc2)c2ccccc2c1=O. The minimum absolute atomic E-state index is 0.0672. The molecular formula is C22H15Cl2N3O2. The van der Waals surface area contributed by atoms with Crippen LogP contribution in [0, 0.1) is 0 Å². The molecule has 0 fully saturated rings. The molecule has 0 unspecified atom stereocenters. The second-order valence-electron chi connectivity index (χ2n) is 6.46. The van der Waals surface area contributed by atoms with Gasteiger partial charge in [-0.15, -0.1) is 9.89 Å². The van der Waals surface area contributed by atoms with Crippen molar-refractivity contribution in [3.8, 4) is 11.3 Å². The maximum absolute atomic E-state index is 12.9. The zero-order chi connectivity index (χ0) is 20.4. The summed E-state index contributed by atoms with van der Waals surface area (Å²) >= 11 is 12.0. The molecule has 0 atom stereocenters. The lowest BCUT2D eigenvalue weighted by Gasteiger charge is -2.12. The van der Waals surface area contributed by atoms with E-state index in [-0.39, 0.29) is 12.3 Å². The molecule has 0 aliphatic rings. The third kappa shape index (κ3) is 4.16. The fourth-order valence-corrected chi connectivity index (χ4v) is 3.42. The van der Waals surface area contributed by atoms with Crippen molar-refractivity contribution >= 4 is 39.9 Å². The molecule has 4 aromatic rings. The first-order chi connectivity index (χ1) is 14.0. The first-order valence-electron chi connectivity index (χ1n) is 8.83. The summed E-state index contributed by atoms with van der Waals surface area (Å²) < 4.78 is 0. The van der Waals surface area contributed by atoms with Crippen molar-refractivity contribution in [1.29, 1.82) is 0 Å². The number of aromatic nitrogens is 2. The van der Waals surface area contributed by atoms with Gasteiger partial charge in [-0.25, -0.2) is 5.43 Å². The molecule has 4 rings (SSSR count). The van der Waals surface area contributed by atoms with E-state index in [1.54, 1.807) is 48.5 Å². The van der Waals surface area contributed by atoms with E-state index in [0.29, 0.717) is 26.5 Å². The van der Waals surface area contributed by atoms with Crippen LogP contribution in [0.15, 0.2) is 77.6 Å². The molecule has 0 spiro atoms. The van der Waals surface area contributed by atoms with Crippen LogP contribution < -0.4 is 11.0 Å². The Labute approximate surface area is 176 Å². The number of rotatable bonds is 4. The number of nitrogens with zero attached hydrogens (tertiary/aromatic N) is 2. The molecule has 3 aromatic carbocycles. The molecule has 0 bridgehead atoms. The highest BCUT2D eigenvalue weighted by Crippen LogP contribution is 2.25. The van der Waals surface area contributed by atoms with Gasteiger partial charge in [-0.2, -0.15) is 0 Å². The Morgan fingerprint density at radius 3 is 2.34 bits per heavy atom. The maximum atomic E-state index is 12.9. The summed E-state index contributed by atoms with van der Waals surface area (Å²) in [4.78, 5) is 26.3. The monoisotopic (exact) mass is 423 g/mol. The molecule has 5 nitrogen and oxygen atoms in total. The van der Waals surface area contributed by atoms with E-state index in [9.17, 15) is 9.59 Å². The van der Waals surface area contributed by atoms with Crippen LogP contribution in [0.5, 0.6) is 0 Å². The van der Waals surface area contributed by atoms with Crippen molar-refractivity contribution < 1.29 is 4.79 Å². The molecule has 1 N–H and O–H groups in total. The molecule has 1 aromatic heterocycles. The summed E-state index contributed by atoms with van der Waals surface area (Å²) in [6.07, 6.45) is 0.0672. The number of amides is 1. The van der Waals surface area contributed by atoms with Crippen molar-refractivity contribution in [2.45, 2.75) is 6.42 Å². The van der Waals surface area contributed by atoms with Gasteiger partial charge < -0.3 is 0 Å². The van der Waals surface area contributed by atoms with Gasteiger partial charge in [0.25, 0.3) is 5.56 Å². The number of hydrogen-bond donors (Lipinski definition) is 1. The standard InChI is InChI=1S/C22H15Cl2N3O2/c23-16-10-8-15(9-11-16)21-18-6-1-2-7-19(18)22(29)27(26-21)25-20(28)13-14-4-3-5-17(24)12-14/h1-12H,13H2,(H,25,28). The Balaban J connectivity index is 1.74. The van der Waals surface area contributed by atoms with Gasteiger partial charge in [0, 0.05) is 21.0 Å². The summed E-state index contributed by atoms with van der Waals surface area (Å²) in [7, 11) is 0.